The van der Waals surface area contributed by atoms with Crippen molar-refractivity contribution in [2.75, 3.05) is 13.7 Å². The fraction of sp³-hybridized carbons (Fsp3) is 0.261. The molecule has 1 fully saturated rings. The van der Waals surface area contributed by atoms with Crippen LogP contribution in [0.25, 0.3) is 11.3 Å². The number of nitrogens with zero attached hydrogens (tertiary/aromatic N) is 3. The molecule has 0 N–H and O–H groups in total. The Kier molecular flexibility index (Phi) is 5.77. The maximum atomic E-state index is 12.0. The van der Waals surface area contributed by atoms with Crippen molar-refractivity contribution in [2.24, 2.45) is 0 Å². The van der Waals surface area contributed by atoms with Crippen molar-refractivity contribution >= 4 is 5.97 Å². The van der Waals surface area contributed by atoms with Gasteiger partial charge < -0.3 is 14.2 Å². The van der Waals surface area contributed by atoms with E-state index in [1.54, 1.807) is 47.1 Å². The van der Waals surface area contributed by atoms with Crippen molar-refractivity contribution in [2.45, 2.75) is 25.5 Å². The lowest BCUT2D eigenvalue weighted by Gasteiger charge is -2.22. The minimum Gasteiger partial charge on any atom is -0.465 e. The highest BCUT2D eigenvalue weighted by atomic mass is 16.5. The summed E-state index contributed by atoms with van der Waals surface area (Å²) in [5.41, 5.74) is 2.32. The molecule has 152 valence electrons. The first kappa shape index (κ1) is 19.7. The van der Waals surface area contributed by atoms with Crippen LogP contribution in [0.15, 0.2) is 54.7 Å². The topological polar surface area (TPSA) is 86.4 Å². The molecule has 1 aliphatic heterocycles. The van der Waals surface area contributed by atoms with Gasteiger partial charge in [-0.05, 0) is 55.7 Å². The molecule has 3 aromatic rings. The summed E-state index contributed by atoms with van der Waals surface area (Å²) in [4.78, 5) is 12.0. The van der Waals surface area contributed by atoms with Gasteiger partial charge in [-0.25, -0.2) is 9.48 Å². The summed E-state index contributed by atoms with van der Waals surface area (Å²) in [7, 11) is 1.35. The van der Waals surface area contributed by atoms with E-state index in [-0.39, 0.29) is 6.23 Å². The van der Waals surface area contributed by atoms with Crippen LogP contribution >= 0.6 is 0 Å². The molecule has 30 heavy (non-hydrogen) atoms. The number of methoxy groups -OCH3 is 1. The number of esters is 1. The number of aromatic nitrogens is 2. The largest absolute Gasteiger partial charge is 0.465 e. The third kappa shape index (κ3) is 4.19. The Bertz CT molecular complexity index is 1080. The number of carbonyl (C=O) groups excluding carboxylic acids is 1. The molecule has 1 aromatic heterocycles. The fourth-order valence-electron chi connectivity index (χ4n) is 3.37. The Balaban J connectivity index is 1.72. The first-order chi connectivity index (χ1) is 14.7. The summed E-state index contributed by atoms with van der Waals surface area (Å²) in [5.74, 6) is 0.709. The molecule has 2 aromatic carbocycles. The molecule has 7 nitrogen and oxygen atoms in total. The van der Waals surface area contributed by atoms with E-state index in [9.17, 15) is 4.79 Å². The molecule has 1 saturated heterocycles. The zero-order chi connectivity index (χ0) is 20.9. The van der Waals surface area contributed by atoms with Gasteiger partial charge in [-0.3, -0.25) is 0 Å². The number of hydrogen-bond acceptors (Lipinski definition) is 6. The Morgan fingerprint density at radius 3 is 2.77 bits per heavy atom. The lowest BCUT2D eigenvalue weighted by atomic mass is 10.1. The van der Waals surface area contributed by atoms with E-state index in [1.165, 1.54) is 7.11 Å². The van der Waals surface area contributed by atoms with Gasteiger partial charge >= 0.3 is 5.97 Å². The Labute approximate surface area is 174 Å². The van der Waals surface area contributed by atoms with Gasteiger partial charge in [-0.2, -0.15) is 10.4 Å². The first-order valence-corrected chi connectivity index (χ1v) is 9.75. The molecule has 7 heteroatoms. The van der Waals surface area contributed by atoms with Crippen molar-refractivity contribution < 1.29 is 19.0 Å². The summed E-state index contributed by atoms with van der Waals surface area (Å²) in [5, 5.41) is 13.7. The van der Waals surface area contributed by atoms with Crippen LogP contribution in [-0.4, -0.2) is 29.5 Å². The number of carbonyl (C=O) groups is 1. The predicted octanol–water partition coefficient (Wildman–Crippen LogP) is 4.70. The van der Waals surface area contributed by atoms with Gasteiger partial charge in [0.15, 0.2) is 5.75 Å². The van der Waals surface area contributed by atoms with E-state index in [1.807, 2.05) is 12.3 Å². The minimum atomic E-state index is -0.415. The fourth-order valence-corrected chi connectivity index (χ4v) is 3.37. The van der Waals surface area contributed by atoms with Gasteiger partial charge in [0.1, 0.15) is 17.7 Å². The molecule has 0 amide bonds. The Morgan fingerprint density at radius 1 is 1.23 bits per heavy atom. The maximum absolute atomic E-state index is 12.0. The van der Waals surface area contributed by atoms with E-state index in [0.29, 0.717) is 34.9 Å². The standard InChI is InChI=1S/C23H21N3O4/c1-28-23(27)18-6-4-5-17(13-18)22-20(30-19-10-8-16(14-24)9-11-19)15-26(25-22)21-7-2-3-12-29-21/h4-6,8-11,13,15,21H,2-3,7,12H2,1H3. The second-order valence-electron chi connectivity index (χ2n) is 6.95. The monoisotopic (exact) mass is 403 g/mol. The number of hydrogen-bond donors (Lipinski definition) is 0. The second kappa shape index (κ2) is 8.80. The Morgan fingerprint density at radius 2 is 2.07 bits per heavy atom. The van der Waals surface area contributed by atoms with Crippen LogP contribution in [0.2, 0.25) is 0 Å². The zero-order valence-corrected chi connectivity index (χ0v) is 16.6. The summed E-state index contributed by atoms with van der Waals surface area (Å²) in [6.07, 6.45) is 4.65. The van der Waals surface area contributed by atoms with Crippen molar-refractivity contribution in [3.8, 4) is 28.8 Å². The molecule has 0 saturated carbocycles. The molecule has 2 heterocycles. The number of ether oxygens (including phenoxy) is 3. The van der Waals surface area contributed by atoms with Crippen molar-refractivity contribution in [1.82, 2.24) is 9.78 Å². The van der Waals surface area contributed by atoms with Crippen LogP contribution in [0.3, 0.4) is 0 Å². The molecule has 4 rings (SSSR count). The van der Waals surface area contributed by atoms with Crippen LogP contribution in [0.1, 0.15) is 41.4 Å². The SMILES string of the molecule is COC(=O)c1cccc(-c2nn(C3CCCCO3)cc2Oc2ccc(C#N)cc2)c1. The van der Waals surface area contributed by atoms with Crippen molar-refractivity contribution in [1.29, 1.82) is 5.26 Å². The van der Waals surface area contributed by atoms with E-state index in [4.69, 9.17) is 24.6 Å². The van der Waals surface area contributed by atoms with Gasteiger partial charge in [0.05, 0.1) is 30.5 Å². The highest BCUT2D eigenvalue weighted by Crippen LogP contribution is 2.35. The molecule has 0 aliphatic carbocycles. The Hall–Kier alpha value is -3.63. The third-order valence-corrected chi connectivity index (χ3v) is 4.92. The second-order valence-corrected chi connectivity index (χ2v) is 6.95. The summed E-state index contributed by atoms with van der Waals surface area (Å²) >= 11 is 0. The van der Waals surface area contributed by atoms with Gasteiger partial charge in [-0.15, -0.1) is 0 Å². The molecule has 1 aliphatic rings. The van der Waals surface area contributed by atoms with E-state index in [0.717, 1.165) is 24.8 Å². The van der Waals surface area contributed by atoms with Crippen LogP contribution in [0.5, 0.6) is 11.5 Å². The van der Waals surface area contributed by atoms with E-state index in [2.05, 4.69) is 6.07 Å². The molecular weight excluding hydrogens is 382 g/mol. The van der Waals surface area contributed by atoms with E-state index < -0.39 is 5.97 Å². The number of rotatable bonds is 5. The van der Waals surface area contributed by atoms with Crippen LogP contribution < -0.4 is 4.74 Å². The summed E-state index contributed by atoms with van der Waals surface area (Å²) < 4.78 is 18.6. The average molecular weight is 403 g/mol. The lowest BCUT2D eigenvalue weighted by molar-refractivity contribution is -0.0394. The molecule has 0 radical (unpaired) electrons. The van der Waals surface area contributed by atoms with Crippen LogP contribution in [0, 0.1) is 11.3 Å². The summed E-state index contributed by atoms with van der Waals surface area (Å²) in [6.45, 7) is 0.698. The maximum Gasteiger partial charge on any atom is 0.337 e. The number of nitriles is 1. The van der Waals surface area contributed by atoms with Gasteiger partial charge in [0.2, 0.25) is 0 Å². The van der Waals surface area contributed by atoms with Crippen molar-refractivity contribution in [3.63, 3.8) is 0 Å². The van der Waals surface area contributed by atoms with Crippen LogP contribution in [0.4, 0.5) is 0 Å². The smallest absolute Gasteiger partial charge is 0.337 e. The van der Waals surface area contributed by atoms with Crippen LogP contribution in [-0.2, 0) is 9.47 Å². The highest BCUT2D eigenvalue weighted by Gasteiger charge is 2.22. The third-order valence-electron chi connectivity index (χ3n) is 4.92. The van der Waals surface area contributed by atoms with Crippen molar-refractivity contribution in [3.05, 3.63) is 65.9 Å². The molecule has 0 spiro atoms. The summed E-state index contributed by atoms with van der Waals surface area (Å²) in [6, 6.07) is 16.0. The zero-order valence-electron chi connectivity index (χ0n) is 16.6. The average Bonchev–Trinajstić information content (AvgIpc) is 3.23. The minimum absolute atomic E-state index is 0.153. The highest BCUT2D eigenvalue weighted by molar-refractivity contribution is 5.91. The molecule has 0 bridgehead atoms. The van der Waals surface area contributed by atoms with Gasteiger partial charge in [0.25, 0.3) is 0 Å². The molecule has 1 atom stereocenters. The predicted molar refractivity (Wildman–Crippen MR) is 109 cm³/mol. The van der Waals surface area contributed by atoms with E-state index >= 15 is 0 Å². The normalized spacial score (nSPS) is 15.9. The lowest BCUT2D eigenvalue weighted by Crippen LogP contribution is -2.18. The van der Waals surface area contributed by atoms with Gasteiger partial charge in [0, 0.05) is 12.2 Å². The first-order valence-electron chi connectivity index (χ1n) is 9.75. The molecular formula is C23H21N3O4. The molecule has 1 unspecified atom stereocenters. The van der Waals surface area contributed by atoms with Gasteiger partial charge in [-0.1, -0.05) is 12.1 Å². The number of benzene rings is 2. The quantitative estimate of drug-likeness (QED) is 0.574.